The Balaban J connectivity index is 1.88. The third kappa shape index (κ3) is 8.23. The van der Waals surface area contributed by atoms with E-state index in [1.54, 1.807) is 24.3 Å². The van der Waals surface area contributed by atoms with Gasteiger partial charge in [0.05, 0.1) is 0 Å². The summed E-state index contributed by atoms with van der Waals surface area (Å²) >= 11 is 3.33. The molecule has 0 atom stereocenters. The summed E-state index contributed by atoms with van der Waals surface area (Å²) in [6.45, 7) is 10.5. The molecule has 0 radical (unpaired) electrons. The molecule has 170 valence electrons. The molecule has 1 aliphatic rings. The molecule has 1 aromatic carbocycles. The number of Topliss-reactive ketones (excluding diaryl/α,β-unsaturated/α-hetero) is 1. The highest BCUT2D eigenvalue weighted by Crippen LogP contribution is 2.40. The van der Waals surface area contributed by atoms with Crippen LogP contribution in [-0.2, 0) is 9.53 Å². The Hall–Kier alpha value is -2.46. The van der Waals surface area contributed by atoms with Crippen LogP contribution in [-0.4, -0.2) is 18.4 Å². The molecule has 0 amide bonds. The van der Waals surface area contributed by atoms with Gasteiger partial charge in [0.25, 0.3) is 0 Å². The second-order valence-electron chi connectivity index (χ2n) is 8.96. The fourth-order valence-electron chi connectivity index (χ4n) is 3.76. The van der Waals surface area contributed by atoms with Crippen molar-refractivity contribution in [3.8, 4) is 0 Å². The van der Waals surface area contributed by atoms with Crippen molar-refractivity contribution in [3.63, 3.8) is 0 Å². The monoisotopic (exact) mass is 496 g/mol. The number of ketones is 1. The van der Waals surface area contributed by atoms with Crippen molar-refractivity contribution in [2.75, 3.05) is 6.61 Å². The second kappa shape index (κ2) is 12.0. The zero-order valence-electron chi connectivity index (χ0n) is 19.7. The fraction of sp³-hybridized carbons (Fsp3) is 0.357. The lowest BCUT2D eigenvalue weighted by Gasteiger charge is -2.32. The highest BCUT2D eigenvalue weighted by atomic mass is 79.9. The van der Waals surface area contributed by atoms with Gasteiger partial charge in [-0.25, -0.2) is 4.79 Å². The van der Waals surface area contributed by atoms with Crippen LogP contribution in [0.3, 0.4) is 0 Å². The molecular weight excluding hydrogens is 464 g/mol. The van der Waals surface area contributed by atoms with Gasteiger partial charge in [-0.3, -0.25) is 4.79 Å². The number of rotatable bonds is 8. The van der Waals surface area contributed by atoms with Crippen LogP contribution in [0.4, 0.5) is 0 Å². The molecule has 0 aromatic heterocycles. The van der Waals surface area contributed by atoms with Gasteiger partial charge in [0.1, 0.15) is 0 Å². The average Bonchev–Trinajstić information content (AvgIpc) is 2.71. The molecular formula is C28H33BrO3. The summed E-state index contributed by atoms with van der Waals surface area (Å²) in [6, 6.07) is 6.95. The number of ether oxygens (including phenoxy) is 1. The van der Waals surface area contributed by atoms with Crippen molar-refractivity contribution in [2.45, 2.75) is 53.9 Å². The van der Waals surface area contributed by atoms with E-state index in [0.29, 0.717) is 5.56 Å². The van der Waals surface area contributed by atoms with Crippen LogP contribution >= 0.6 is 15.9 Å². The zero-order valence-corrected chi connectivity index (χ0v) is 21.3. The summed E-state index contributed by atoms with van der Waals surface area (Å²) in [4.78, 5) is 24.1. The van der Waals surface area contributed by atoms with E-state index in [1.165, 1.54) is 36.5 Å². The number of allylic oxidation sites excluding steroid dienone is 9. The first-order valence-electron chi connectivity index (χ1n) is 11.0. The topological polar surface area (TPSA) is 43.4 Å². The van der Waals surface area contributed by atoms with Gasteiger partial charge < -0.3 is 4.74 Å². The number of carbonyl (C=O) groups is 2. The summed E-state index contributed by atoms with van der Waals surface area (Å²) in [6.07, 6.45) is 15.2. The quantitative estimate of drug-likeness (QED) is 0.160. The SMILES string of the molecule is CC1=C(/C=C/C(C)=C/C=C/C(C)=C/C(=O)OCC(=O)c2ccc(Br)cc2)C(C)(C)CCC1. The van der Waals surface area contributed by atoms with Gasteiger partial charge in [0, 0.05) is 16.1 Å². The Bertz CT molecular complexity index is 986. The molecule has 0 N–H and O–H groups in total. The van der Waals surface area contributed by atoms with E-state index in [2.05, 4.69) is 55.8 Å². The molecule has 1 aliphatic carbocycles. The van der Waals surface area contributed by atoms with Crippen molar-refractivity contribution in [1.82, 2.24) is 0 Å². The molecule has 0 spiro atoms. The normalized spacial score (nSPS) is 17.3. The van der Waals surface area contributed by atoms with Gasteiger partial charge in [-0.2, -0.15) is 0 Å². The summed E-state index contributed by atoms with van der Waals surface area (Å²) < 4.78 is 5.97. The molecule has 0 bridgehead atoms. The Morgan fingerprint density at radius 3 is 2.44 bits per heavy atom. The summed E-state index contributed by atoms with van der Waals surface area (Å²) in [5.41, 5.74) is 5.56. The molecule has 0 fully saturated rings. The van der Waals surface area contributed by atoms with Gasteiger partial charge in [-0.1, -0.05) is 83.4 Å². The molecule has 0 aliphatic heterocycles. The molecule has 3 nitrogen and oxygen atoms in total. The fourth-order valence-corrected chi connectivity index (χ4v) is 4.03. The lowest BCUT2D eigenvalue weighted by Crippen LogP contribution is -2.19. The summed E-state index contributed by atoms with van der Waals surface area (Å²) in [5, 5.41) is 0. The van der Waals surface area contributed by atoms with Gasteiger partial charge in [-0.15, -0.1) is 0 Å². The molecule has 0 unspecified atom stereocenters. The third-order valence-electron chi connectivity index (χ3n) is 5.63. The van der Waals surface area contributed by atoms with E-state index in [4.69, 9.17) is 4.74 Å². The Morgan fingerprint density at radius 1 is 1.09 bits per heavy atom. The van der Waals surface area contributed by atoms with Crippen molar-refractivity contribution >= 4 is 27.7 Å². The average molecular weight is 497 g/mol. The largest absolute Gasteiger partial charge is 0.454 e. The maximum absolute atomic E-state index is 12.1. The lowest BCUT2D eigenvalue weighted by atomic mass is 9.72. The van der Waals surface area contributed by atoms with Crippen LogP contribution < -0.4 is 0 Å². The minimum Gasteiger partial charge on any atom is -0.454 e. The molecule has 2 rings (SSSR count). The lowest BCUT2D eigenvalue weighted by molar-refractivity contribution is -0.136. The molecule has 0 heterocycles. The van der Waals surface area contributed by atoms with Crippen LogP contribution in [0.15, 0.2) is 87.5 Å². The third-order valence-corrected chi connectivity index (χ3v) is 6.16. The number of esters is 1. The molecule has 0 saturated heterocycles. The number of hydrogen-bond donors (Lipinski definition) is 0. The van der Waals surface area contributed by atoms with Gasteiger partial charge in [0.2, 0.25) is 0 Å². The van der Waals surface area contributed by atoms with E-state index in [9.17, 15) is 9.59 Å². The Labute approximate surface area is 200 Å². The van der Waals surface area contributed by atoms with Crippen LogP contribution in [0, 0.1) is 5.41 Å². The van der Waals surface area contributed by atoms with E-state index in [-0.39, 0.29) is 17.8 Å². The van der Waals surface area contributed by atoms with Gasteiger partial charge >= 0.3 is 5.97 Å². The van der Waals surface area contributed by atoms with Crippen LogP contribution in [0.5, 0.6) is 0 Å². The summed E-state index contributed by atoms with van der Waals surface area (Å²) in [7, 11) is 0. The first-order chi connectivity index (χ1) is 15.1. The van der Waals surface area contributed by atoms with E-state index in [1.807, 2.05) is 25.2 Å². The van der Waals surface area contributed by atoms with Crippen molar-refractivity contribution in [1.29, 1.82) is 0 Å². The molecule has 1 aromatic rings. The predicted molar refractivity (Wildman–Crippen MR) is 136 cm³/mol. The number of benzene rings is 1. The van der Waals surface area contributed by atoms with E-state index in [0.717, 1.165) is 15.6 Å². The Kier molecular flexibility index (Phi) is 9.64. The second-order valence-corrected chi connectivity index (χ2v) is 9.88. The van der Waals surface area contributed by atoms with E-state index >= 15 is 0 Å². The summed E-state index contributed by atoms with van der Waals surface area (Å²) in [5.74, 6) is -0.760. The molecule has 4 heteroatoms. The predicted octanol–water partition coefficient (Wildman–Crippen LogP) is 7.71. The van der Waals surface area contributed by atoms with E-state index < -0.39 is 5.97 Å². The number of halogens is 1. The zero-order chi connectivity index (χ0) is 23.7. The highest BCUT2D eigenvalue weighted by molar-refractivity contribution is 9.10. The molecule has 32 heavy (non-hydrogen) atoms. The van der Waals surface area contributed by atoms with Crippen LogP contribution in [0.2, 0.25) is 0 Å². The number of hydrogen-bond acceptors (Lipinski definition) is 3. The minimum absolute atomic E-state index is 0.230. The minimum atomic E-state index is -0.528. The Morgan fingerprint density at radius 2 is 1.78 bits per heavy atom. The first kappa shape index (κ1) is 25.8. The highest BCUT2D eigenvalue weighted by Gasteiger charge is 2.26. The first-order valence-corrected chi connectivity index (χ1v) is 11.7. The van der Waals surface area contributed by atoms with Crippen molar-refractivity contribution < 1.29 is 14.3 Å². The number of carbonyl (C=O) groups excluding carboxylic acids is 2. The van der Waals surface area contributed by atoms with Gasteiger partial charge in [0.15, 0.2) is 12.4 Å². The van der Waals surface area contributed by atoms with Crippen molar-refractivity contribution in [3.05, 3.63) is 93.1 Å². The van der Waals surface area contributed by atoms with Crippen molar-refractivity contribution in [2.24, 2.45) is 5.41 Å². The smallest absolute Gasteiger partial charge is 0.331 e. The van der Waals surface area contributed by atoms with Crippen LogP contribution in [0.1, 0.15) is 64.2 Å². The maximum Gasteiger partial charge on any atom is 0.331 e. The van der Waals surface area contributed by atoms with Gasteiger partial charge in [-0.05, 0) is 68.7 Å². The molecule has 0 saturated carbocycles. The standard InChI is InChI=1S/C28H33BrO3/c1-20(11-16-25-22(3)10-7-17-28(25,4)5)8-6-9-21(2)18-27(31)32-19-26(30)23-12-14-24(29)15-13-23/h6,8-9,11-16,18H,7,10,17,19H2,1-5H3/b9-6+,16-11+,20-8+,21-18+. The van der Waals surface area contributed by atoms with Crippen LogP contribution in [0.25, 0.3) is 0 Å². The maximum atomic E-state index is 12.1.